The smallest absolute Gasteiger partial charge is 0.244 e. The maximum absolute atomic E-state index is 13.6. The monoisotopic (exact) mass is 567 g/mol. The molecule has 2 aromatic carbocycles. The molecule has 0 aliphatic carbocycles. The Bertz CT molecular complexity index is 1160. The van der Waals surface area contributed by atoms with E-state index in [4.69, 9.17) is 46.4 Å². The molecule has 2 rings (SSSR count). The van der Waals surface area contributed by atoms with Crippen molar-refractivity contribution in [1.29, 1.82) is 0 Å². The third kappa shape index (κ3) is 7.39. The molecule has 2 amide bonds. The minimum absolute atomic E-state index is 0.0364. The molecular formula is C22H25Cl4N3O4S. The Hall–Kier alpha value is -1.71. The van der Waals surface area contributed by atoms with Gasteiger partial charge in [0.1, 0.15) is 12.6 Å². The number of carbonyl (C=O) groups excluding carboxylic acids is 2. The summed E-state index contributed by atoms with van der Waals surface area (Å²) < 4.78 is 26.1. The lowest BCUT2D eigenvalue weighted by Gasteiger charge is -2.33. The van der Waals surface area contributed by atoms with E-state index in [1.165, 1.54) is 29.2 Å². The molecule has 0 heterocycles. The van der Waals surface area contributed by atoms with Gasteiger partial charge in [-0.15, -0.1) is 0 Å². The van der Waals surface area contributed by atoms with E-state index in [1.807, 2.05) is 0 Å². The summed E-state index contributed by atoms with van der Waals surface area (Å²) in [5.41, 5.74) is 0.606. The van der Waals surface area contributed by atoms with Crippen LogP contribution < -0.4 is 9.62 Å². The second-order valence-corrected chi connectivity index (χ2v) is 11.0. The number of halogens is 4. The van der Waals surface area contributed by atoms with Crippen LogP contribution in [0.15, 0.2) is 36.4 Å². The molecule has 0 saturated carbocycles. The van der Waals surface area contributed by atoms with E-state index < -0.39 is 28.5 Å². The molecule has 2 aromatic rings. The van der Waals surface area contributed by atoms with Crippen LogP contribution in [0, 0.1) is 0 Å². The fourth-order valence-electron chi connectivity index (χ4n) is 3.32. The van der Waals surface area contributed by atoms with Crippen LogP contribution in [0.25, 0.3) is 0 Å². The maximum Gasteiger partial charge on any atom is 0.244 e. The maximum atomic E-state index is 13.6. The first-order valence-electron chi connectivity index (χ1n) is 10.3. The van der Waals surface area contributed by atoms with Crippen molar-refractivity contribution in [2.45, 2.75) is 32.9 Å². The van der Waals surface area contributed by atoms with E-state index in [2.05, 4.69) is 5.32 Å². The molecule has 34 heavy (non-hydrogen) atoms. The van der Waals surface area contributed by atoms with Crippen LogP contribution in [0.4, 0.5) is 5.69 Å². The van der Waals surface area contributed by atoms with Gasteiger partial charge >= 0.3 is 0 Å². The van der Waals surface area contributed by atoms with Crippen LogP contribution in [0.5, 0.6) is 0 Å². The topological polar surface area (TPSA) is 86.8 Å². The molecule has 1 unspecified atom stereocenters. The molecule has 7 nitrogen and oxygen atoms in total. The molecule has 0 bridgehead atoms. The van der Waals surface area contributed by atoms with Gasteiger partial charge in [-0.3, -0.25) is 13.9 Å². The van der Waals surface area contributed by atoms with Crippen LogP contribution in [0.1, 0.15) is 25.8 Å². The number of benzene rings is 2. The van der Waals surface area contributed by atoms with Crippen molar-refractivity contribution in [1.82, 2.24) is 10.2 Å². The van der Waals surface area contributed by atoms with Gasteiger partial charge in [0.15, 0.2) is 0 Å². The number of sulfonamides is 1. The van der Waals surface area contributed by atoms with Crippen molar-refractivity contribution >= 4 is 73.9 Å². The van der Waals surface area contributed by atoms with Crippen LogP contribution in [-0.4, -0.2) is 50.5 Å². The van der Waals surface area contributed by atoms with Crippen molar-refractivity contribution in [2.75, 3.05) is 23.7 Å². The minimum Gasteiger partial charge on any atom is -0.355 e. The summed E-state index contributed by atoms with van der Waals surface area (Å²) in [4.78, 5) is 27.6. The molecule has 0 radical (unpaired) electrons. The number of hydrogen-bond donors (Lipinski definition) is 1. The summed E-state index contributed by atoms with van der Waals surface area (Å²) in [6.07, 6.45) is 1.25. The Morgan fingerprint density at radius 2 is 1.59 bits per heavy atom. The summed E-state index contributed by atoms with van der Waals surface area (Å²) >= 11 is 24.6. The Morgan fingerprint density at radius 3 is 2.15 bits per heavy atom. The summed E-state index contributed by atoms with van der Waals surface area (Å²) in [5, 5.41) is 3.80. The summed E-state index contributed by atoms with van der Waals surface area (Å²) in [7, 11) is -3.94. The van der Waals surface area contributed by atoms with E-state index in [0.717, 1.165) is 10.6 Å². The molecule has 0 fully saturated rings. The SMILES string of the molecule is CCNC(=O)C(CC)N(Cc1ccc(Cl)cc1Cl)C(=O)CN(c1cc(Cl)ccc1Cl)S(C)(=O)=O. The lowest BCUT2D eigenvalue weighted by Crippen LogP contribution is -2.52. The minimum atomic E-state index is -3.94. The second-order valence-electron chi connectivity index (χ2n) is 7.44. The molecule has 0 saturated heterocycles. The zero-order chi connectivity index (χ0) is 25.6. The highest BCUT2D eigenvalue weighted by molar-refractivity contribution is 7.92. The number of carbonyl (C=O) groups is 2. The third-order valence-corrected chi connectivity index (χ3v) is 7.22. The zero-order valence-electron chi connectivity index (χ0n) is 18.8. The Balaban J connectivity index is 2.51. The predicted molar refractivity (Wildman–Crippen MR) is 138 cm³/mol. The lowest BCUT2D eigenvalue weighted by atomic mass is 10.1. The molecule has 12 heteroatoms. The number of nitrogens with one attached hydrogen (secondary N) is 1. The van der Waals surface area contributed by atoms with Gasteiger partial charge in [0.05, 0.1) is 17.0 Å². The molecule has 0 aromatic heterocycles. The van der Waals surface area contributed by atoms with Gasteiger partial charge < -0.3 is 10.2 Å². The lowest BCUT2D eigenvalue weighted by molar-refractivity contribution is -0.140. The Kier molecular flexibility index (Phi) is 10.3. The van der Waals surface area contributed by atoms with E-state index >= 15 is 0 Å². The largest absolute Gasteiger partial charge is 0.355 e. The van der Waals surface area contributed by atoms with Crippen molar-refractivity contribution in [3.8, 4) is 0 Å². The van der Waals surface area contributed by atoms with E-state index in [-0.39, 0.29) is 28.2 Å². The fraction of sp³-hybridized carbons (Fsp3) is 0.364. The molecule has 1 atom stereocenters. The van der Waals surface area contributed by atoms with Gasteiger partial charge in [-0.2, -0.15) is 0 Å². The molecule has 0 aliphatic heterocycles. The average Bonchev–Trinajstić information content (AvgIpc) is 2.74. The highest BCUT2D eigenvalue weighted by Gasteiger charge is 2.32. The number of nitrogens with zero attached hydrogens (tertiary/aromatic N) is 2. The summed E-state index contributed by atoms with van der Waals surface area (Å²) in [6, 6.07) is 8.24. The van der Waals surface area contributed by atoms with Crippen LogP contribution in [0.2, 0.25) is 20.1 Å². The van der Waals surface area contributed by atoms with Gasteiger partial charge in [0.2, 0.25) is 21.8 Å². The Morgan fingerprint density at radius 1 is 0.971 bits per heavy atom. The normalized spacial score (nSPS) is 12.2. The highest BCUT2D eigenvalue weighted by Crippen LogP contribution is 2.31. The molecule has 186 valence electrons. The number of hydrogen-bond acceptors (Lipinski definition) is 4. The van der Waals surface area contributed by atoms with Crippen LogP contribution in [0.3, 0.4) is 0 Å². The van der Waals surface area contributed by atoms with Crippen LogP contribution in [-0.2, 0) is 26.2 Å². The molecule has 0 spiro atoms. The molecular weight excluding hydrogens is 544 g/mol. The van der Waals surface area contributed by atoms with Crippen molar-refractivity contribution < 1.29 is 18.0 Å². The number of rotatable bonds is 10. The second kappa shape index (κ2) is 12.3. The average molecular weight is 569 g/mol. The number of likely N-dealkylation sites (N-methyl/N-ethyl adjacent to an activating group) is 1. The van der Waals surface area contributed by atoms with Crippen LogP contribution >= 0.6 is 46.4 Å². The third-order valence-electron chi connectivity index (χ3n) is 4.95. The summed E-state index contributed by atoms with van der Waals surface area (Å²) in [5.74, 6) is -0.985. The van der Waals surface area contributed by atoms with E-state index in [1.54, 1.807) is 26.0 Å². The van der Waals surface area contributed by atoms with Gasteiger partial charge in [-0.05, 0) is 49.2 Å². The van der Waals surface area contributed by atoms with Gasteiger partial charge in [0, 0.05) is 28.2 Å². The fourth-order valence-corrected chi connectivity index (χ4v) is 5.07. The molecule has 1 N–H and O–H groups in total. The van der Waals surface area contributed by atoms with Crippen molar-refractivity contribution in [3.05, 3.63) is 62.1 Å². The van der Waals surface area contributed by atoms with Gasteiger partial charge in [-0.1, -0.05) is 59.4 Å². The predicted octanol–water partition coefficient (Wildman–Crippen LogP) is 5.01. The quantitative estimate of drug-likeness (QED) is 0.436. The van der Waals surface area contributed by atoms with E-state index in [0.29, 0.717) is 28.6 Å². The summed E-state index contributed by atoms with van der Waals surface area (Å²) in [6.45, 7) is 3.25. The first-order chi connectivity index (χ1) is 15.9. The van der Waals surface area contributed by atoms with Crippen molar-refractivity contribution in [2.24, 2.45) is 0 Å². The number of anilines is 1. The van der Waals surface area contributed by atoms with Gasteiger partial charge in [-0.25, -0.2) is 8.42 Å². The first kappa shape index (κ1) is 28.5. The first-order valence-corrected chi connectivity index (χ1v) is 13.7. The highest BCUT2D eigenvalue weighted by atomic mass is 35.5. The standard InChI is InChI=1S/C22H25Cl4N3O4S/c1-4-19(22(31)27-5-2)28(12-14-6-7-15(23)10-18(14)26)21(30)13-29(34(3,32)33)20-11-16(24)8-9-17(20)25/h6-11,19H,4-5,12-13H2,1-3H3,(H,27,31). The molecule has 0 aliphatic rings. The van der Waals surface area contributed by atoms with Gasteiger partial charge in [0.25, 0.3) is 0 Å². The van der Waals surface area contributed by atoms with Crippen molar-refractivity contribution in [3.63, 3.8) is 0 Å². The number of amides is 2. The zero-order valence-corrected chi connectivity index (χ0v) is 22.7. The Labute approximate surface area is 220 Å². The van der Waals surface area contributed by atoms with E-state index in [9.17, 15) is 18.0 Å².